The molecule has 1 aliphatic heterocycles. The molecule has 1 aliphatic carbocycles. The van der Waals surface area contributed by atoms with Crippen LogP contribution in [0, 0.1) is 0 Å². The van der Waals surface area contributed by atoms with E-state index < -0.39 is 0 Å². The summed E-state index contributed by atoms with van der Waals surface area (Å²) >= 11 is 1.40. The van der Waals surface area contributed by atoms with Gasteiger partial charge in [0.25, 0.3) is 5.56 Å². The fraction of sp³-hybridized carbons (Fsp3) is 0.375. The van der Waals surface area contributed by atoms with Gasteiger partial charge in [-0.2, -0.15) is 0 Å². The van der Waals surface area contributed by atoms with E-state index in [2.05, 4.69) is 13.0 Å². The molecule has 1 amide bonds. The van der Waals surface area contributed by atoms with E-state index in [1.54, 1.807) is 0 Å². The largest absolute Gasteiger partial charge is 0.308 e. The average molecular weight is 420 g/mol. The monoisotopic (exact) mass is 419 g/mol. The number of thioether (sulfide) groups is 1. The number of amides is 1. The number of aromatic nitrogens is 2. The maximum absolute atomic E-state index is 13.3. The van der Waals surface area contributed by atoms with Crippen LogP contribution >= 0.6 is 11.8 Å². The van der Waals surface area contributed by atoms with Crippen LogP contribution in [0.5, 0.6) is 0 Å². The van der Waals surface area contributed by atoms with Gasteiger partial charge < -0.3 is 4.90 Å². The first kappa shape index (κ1) is 19.4. The standard InChI is InChI=1S/C24H25N3O2S/c1-16-14-17-8-2-7-13-21(17)26(16)22(28)15-30-24-25-20-12-6-5-11-19(20)23(29)27(24)18-9-3-4-10-18/h2,5-8,11-13,16,18H,3-4,9-10,14-15H2,1H3/t16-/m0/s1. The van der Waals surface area contributed by atoms with Crippen molar-refractivity contribution in [2.24, 2.45) is 0 Å². The third-order valence-corrected chi connectivity index (χ3v) is 7.20. The summed E-state index contributed by atoms with van der Waals surface area (Å²) in [4.78, 5) is 33.1. The number of carbonyl (C=O) groups excluding carboxylic acids is 1. The van der Waals surface area contributed by atoms with E-state index in [9.17, 15) is 9.59 Å². The van der Waals surface area contributed by atoms with Gasteiger partial charge in [-0.25, -0.2) is 4.98 Å². The minimum atomic E-state index is 0.0161. The lowest BCUT2D eigenvalue weighted by molar-refractivity contribution is -0.116. The molecule has 0 saturated heterocycles. The Labute approximate surface area is 180 Å². The first-order valence-electron chi connectivity index (χ1n) is 10.7. The van der Waals surface area contributed by atoms with Crippen molar-refractivity contribution >= 4 is 34.3 Å². The minimum Gasteiger partial charge on any atom is -0.308 e. The maximum Gasteiger partial charge on any atom is 0.262 e. The van der Waals surface area contributed by atoms with Gasteiger partial charge in [0.1, 0.15) is 0 Å². The number of anilines is 1. The normalized spacial score (nSPS) is 18.8. The van der Waals surface area contributed by atoms with Gasteiger partial charge >= 0.3 is 0 Å². The van der Waals surface area contributed by atoms with Gasteiger partial charge in [0.15, 0.2) is 5.16 Å². The lowest BCUT2D eigenvalue weighted by Gasteiger charge is -2.23. The first-order chi connectivity index (χ1) is 14.6. The van der Waals surface area contributed by atoms with E-state index in [0.29, 0.717) is 16.1 Å². The molecule has 0 spiro atoms. The molecule has 2 heterocycles. The highest BCUT2D eigenvalue weighted by Gasteiger charge is 2.31. The number of nitrogens with zero attached hydrogens (tertiary/aromatic N) is 3. The molecule has 1 fully saturated rings. The molecule has 154 valence electrons. The SMILES string of the molecule is C[C@H]1Cc2ccccc2N1C(=O)CSc1nc2ccccc2c(=O)n1C1CCCC1. The van der Waals surface area contributed by atoms with Crippen molar-refractivity contribution in [1.29, 1.82) is 0 Å². The highest BCUT2D eigenvalue weighted by molar-refractivity contribution is 7.99. The zero-order valence-corrected chi connectivity index (χ0v) is 17.9. The van der Waals surface area contributed by atoms with Crippen molar-refractivity contribution in [3.8, 4) is 0 Å². The molecule has 30 heavy (non-hydrogen) atoms. The molecular weight excluding hydrogens is 394 g/mol. The quantitative estimate of drug-likeness (QED) is 0.459. The zero-order valence-electron chi connectivity index (χ0n) is 17.1. The van der Waals surface area contributed by atoms with E-state index in [0.717, 1.165) is 37.8 Å². The Morgan fingerprint density at radius 1 is 1.10 bits per heavy atom. The Morgan fingerprint density at radius 3 is 2.67 bits per heavy atom. The van der Waals surface area contributed by atoms with Gasteiger partial charge in [-0.3, -0.25) is 14.2 Å². The van der Waals surface area contributed by atoms with Crippen molar-refractivity contribution in [2.45, 2.75) is 56.3 Å². The van der Waals surface area contributed by atoms with Gasteiger partial charge in [-0.15, -0.1) is 0 Å². The topological polar surface area (TPSA) is 55.2 Å². The number of rotatable bonds is 4. The van der Waals surface area contributed by atoms with E-state index in [4.69, 9.17) is 4.98 Å². The molecule has 1 saturated carbocycles. The fourth-order valence-electron chi connectivity index (χ4n) is 4.85. The van der Waals surface area contributed by atoms with Gasteiger partial charge in [-0.05, 0) is 49.9 Å². The first-order valence-corrected chi connectivity index (χ1v) is 11.7. The number of hydrogen-bond donors (Lipinski definition) is 0. The molecule has 5 rings (SSSR count). The number of benzene rings is 2. The van der Waals surface area contributed by atoms with Crippen LogP contribution in [-0.4, -0.2) is 27.3 Å². The van der Waals surface area contributed by atoms with Crippen LogP contribution in [0.25, 0.3) is 10.9 Å². The molecule has 0 unspecified atom stereocenters. The Morgan fingerprint density at radius 2 is 1.83 bits per heavy atom. The minimum absolute atomic E-state index is 0.0161. The van der Waals surface area contributed by atoms with Crippen molar-refractivity contribution < 1.29 is 4.79 Å². The zero-order chi connectivity index (χ0) is 20.7. The van der Waals surface area contributed by atoms with E-state index >= 15 is 0 Å². The summed E-state index contributed by atoms with van der Waals surface area (Å²) in [7, 11) is 0. The molecule has 0 radical (unpaired) electrons. The molecular formula is C24H25N3O2S. The van der Waals surface area contributed by atoms with Crippen LogP contribution in [0.2, 0.25) is 0 Å². The molecule has 1 atom stereocenters. The van der Waals surface area contributed by atoms with Crippen LogP contribution in [0.1, 0.15) is 44.2 Å². The molecule has 0 N–H and O–H groups in total. The molecule has 6 heteroatoms. The Kier molecular flexibility index (Phi) is 5.11. The second-order valence-corrected chi connectivity index (χ2v) is 9.20. The number of para-hydroxylation sites is 2. The summed E-state index contributed by atoms with van der Waals surface area (Å²) in [5.74, 6) is 0.341. The van der Waals surface area contributed by atoms with Gasteiger partial charge in [0, 0.05) is 17.8 Å². The Balaban J connectivity index is 1.46. The lowest BCUT2D eigenvalue weighted by atomic mass is 10.1. The van der Waals surface area contributed by atoms with Crippen LogP contribution in [0.4, 0.5) is 5.69 Å². The summed E-state index contributed by atoms with van der Waals surface area (Å²) in [6.07, 6.45) is 5.15. The third-order valence-electron chi connectivity index (χ3n) is 6.27. The van der Waals surface area contributed by atoms with Crippen LogP contribution in [-0.2, 0) is 11.2 Å². The second kappa shape index (κ2) is 7.91. The van der Waals surface area contributed by atoms with Crippen molar-refractivity contribution in [1.82, 2.24) is 9.55 Å². The Bertz CT molecular complexity index is 1170. The molecule has 5 nitrogen and oxygen atoms in total. The van der Waals surface area contributed by atoms with E-state index in [1.807, 2.05) is 51.9 Å². The highest BCUT2D eigenvalue weighted by Crippen LogP contribution is 2.34. The van der Waals surface area contributed by atoms with E-state index in [-0.39, 0.29) is 29.3 Å². The summed E-state index contributed by atoms with van der Waals surface area (Å²) < 4.78 is 1.86. The van der Waals surface area contributed by atoms with Gasteiger partial charge in [0.05, 0.1) is 16.7 Å². The average Bonchev–Trinajstić information content (AvgIpc) is 3.39. The molecule has 0 bridgehead atoms. The fourth-order valence-corrected chi connectivity index (χ4v) is 5.78. The Hall–Kier alpha value is -2.60. The van der Waals surface area contributed by atoms with Crippen LogP contribution < -0.4 is 10.5 Å². The lowest BCUT2D eigenvalue weighted by Crippen LogP contribution is -2.37. The third kappa shape index (κ3) is 3.33. The summed E-state index contributed by atoms with van der Waals surface area (Å²) in [5, 5.41) is 1.32. The van der Waals surface area contributed by atoms with Crippen molar-refractivity contribution in [3.63, 3.8) is 0 Å². The number of fused-ring (bicyclic) bond motifs is 2. The highest BCUT2D eigenvalue weighted by atomic mass is 32.2. The second-order valence-electron chi connectivity index (χ2n) is 8.26. The maximum atomic E-state index is 13.3. The van der Waals surface area contributed by atoms with Gasteiger partial charge in [-0.1, -0.05) is 54.9 Å². The van der Waals surface area contributed by atoms with Crippen molar-refractivity contribution in [3.05, 3.63) is 64.4 Å². The summed E-state index contributed by atoms with van der Waals surface area (Å²) in [6.45, 7) is 2.09. The molecule has 2 aromatic carbocycles. The number of hydrogen-bond acceptors (Lipinski definition) is 4. The van der Waals surface area contributed by atoms with Crippen LogP contribution in [0.3, 0.4) is 0 Å². The van der Waals surface area contributed by atoms with Crippen LogP contribution in [0.15, 0.2) is 58.5 Å². The smallest absolute Gasteiger partial charge is 0.262 e. The summed E-state index contributed by atoms with van der Waals surface area (Å²) in [6, 6.07) is 15.9. The predicted molar refractivity (Wildman–Crippen MR) is 121 cm³/mol. The predicted octanol–water partition coefficient (Wildman–Crippen LogP) is 4.58. The van der Waals surface area contributed by atoms with Crippen molar-refractivity contribution in [2.75, 3.05) is 10.7 Å². The van der Waals surface area contributed by atoms with Gasteiger partial charge in [0.2, 0.25) is 5.91 Å². The molecule has 1 aromatic heterocycles. The van der Waals surface area contributed by atoms with E-state index in [1.165, 1.54) is 17.3 Å². The molecule has 2 aliphatic rings. The summed E-state index contributed by atoms with van der Waals surface area (Å²) in [5.41, 5.74) is 2.94. The number of carbonyl (C=O) groups is 1. The molecule has 3 aromatic rings.